The molecular formula is C11H16FNO. The van der Waals surface area contributed by atoms with E-state index in [4.69, 9.17) is 10.5 Å². The molecule has 0 amide bonds. The van der Waals surface area contributed by atoms with Gasteiger partial charge in [0.1, 0.15) is 5.75 Å². The summed E-state index contributed by atoms with van der Waals surface area (Å²) in [5.74, 6) is 0.542. The molecule has 1 aromatic carbocycles. The average Bonchev–Trinajstić information content (AvgIpc) is 2.20. The summed E-state index contributed by atoms with van der Waals surface area (Å²) < 4.78 is 16.5. The molecule has 0 aromatic heterocycles. The first kappa shape index (κ1) is 11.0. The molecule has 1 aromatic rings. The highest BCUT2D eigenvalue weighted by atomic mass is 19.1. The molecule has 0 unspecified atom stereocenters. The Morgan fingerprint density at radius 1 is 1.36 bits per heavy atom. The molecule has 0 radical (unpaired) electrons. The fourth-order valence-corrected chi connectivity index (χ4v) is 1.35. The molecular weight excluding hydrogens is 181 g/mol. The maximum absolute atomic E-state index is 11.8. The second-order valence-electron chi connectivity index (χ2n) is 3.22. The second kappa shape index (κ2) is 5.60. The fraction of sp³-hybridized carbons (Fsp3) is 0.455. The predicted octanol–water partition coefficient (Wildman–Crippen LogP) is 2.79. The Morgan fingerprint density at radius 2 is 2.00 bits per heavy atom. The lowest BCUT2D eigenvalue weighted by atomic mass is 10.0. The zero-order chi connectivity index (χ0) is 10.4. The van der Waals surface area contributed by atoms with Gasteiger partial charge in [-0.25, -0.2) is 4.39 Å². The first-order valence-electron chi connectivity index (χ1n) is 4.82. The van der Waals surface area contributed by atoms with E-state index in [9.17, 15) is 4.39 Å². The van der Waals surface area contributed by atoms with Crippen LogP contribution in [-0.4, -0.2) is 6.86 Å². The van der Waals surface area contributed by atoms with Crippen LogP contribution in [0.15, 0.2) is 24.3 Å². The van der Waals surface area contributed by atoms with Gasteiger partial charge < -0.3 is 10.5 Å². The Bertz CT molecular complexity index is 260. The van der Waals surface area contributed by atoms with Crippen LogP contribution in [0.3, 0.4) is 0 Å². The van der Waals surface area contributed by atoms with Crippen LogP contribution in [0, 0.1) is 0 Å². The third-order valence-electron chi connectivity index (χ3n) is 2.13. The summed E-state index contributed by atoms with van der Waals surface area (Å²) >= 11 is 0. The fourth-order valence-electron chi connectivity index (χ4n) is 1.35. The van der Waals surface area contributed by atoms with Crippen LogP contribution in [0.2, 0.25) is 0 Å². The number of halogens is 1. The molecule has 3 heteroatoms. The maximum Gasteiger partial charge on any atom is 0.228 e. The molecule has 0 bridgehead atoms. The molecule has 0 spiro atoms. The Kier molecular flexibility index (Phi) is 4.40. The van der Waals surface area contributed by atoms with E-state index in [1.54, 1.807) is 12.1 Å². The summed E-state index contributed by atoms with van der Waals surface area (Å²) in [7, 11) is 0. The summed E-state index contributed by atoms with van der Waals surface area (Å²) in [6, 6.07) is 7.31. The van der Waals surface area contributed by atoms with Gasteiger partial charge in [0.05, 0.1) is 0 Å². The minimum Gasteiger partial charge on any atom is -0.463 e. The molecule has 2 N–H and O–H groups in total. The van der Waals surface area contributed by atoms with Crippen molar-refractivity contribution in [2.24, 2.45) is 5.73 Å². The van der Waals surface area contributed by atoms with Crippen molar-refractivity contribution >= 4 is 0 Å². The lowest BCUT2D eigenvalue weighted by Crippen LogP contribution is -2.09. The Morgan fingerprint density at radius 3 is 2.50 bits per heavy atom. The number of hydrogen-bond donors (Lipinski definition) is 1. The summed E-state index contributed by atoms with van der Waals surface area (Å²) in [6.07, 6.45) is 2.02. The normalized spacial score (nSPS) is 12.5. The minimum absolute atomic E-state index is 0.0689. The molecule has 1 atom stereocenters. The molecule has 0 saturated carbocycles. The first-order valence-corrected chi connectivity index (χ1v) is 4.82. The van der Waals surface area contributed by atoms with Crippen LogP contribution in [0.5, 0.6) is 5.75 Å². The first-order chi connectivity index (χ1) is 6.77. The van der Waals surface area contributed by atoms with Crippen LogP contribution in [0.1, 0.15) is 31.4 Å². The zero-order valence-corrected chi connectivity index (χ0v) is 8.37. The van der Waals surface area contributed by atoms with Crippen LogP contribution < -0.4 is 10.5 Å². The van der Waals surface area contributed by atoms with Crippen molar-refractivity contribution in [3.8, 4) is 5.75 Å². The molecule has 0 aliphatic heterocycles. The predicted molar refractivity (Wildman–Crippen MR) is 54.9 cm³/mol. The van der Waals surface area contributed by atoms with Gasteiger partial charge in [0, 0.05) is 6.04 Å². The third-order valence-corrected chi connectivity index (χ3v) is 2.13. The number of hydrogen-bond acceptors (Lipinski definition) is 2. The van der Waals surface area contributed by atoms with Gasteiger partial charge in [-0.05, 0) is 24.1 Å². The molecule has 1 rings (SSSR count). The van der Waals surface area contributed by atoms with Crippen molar-refractivity contribution < 1.29 is 9.13 Å². The molecule has 2 nitrogen and oxygen atoms in total. The maximum atomic E-state index is 11.8. The molecule has 0 aliphatic rings. The van der Waals surface area contributed by atoms with Crippen LogP contribution in [-0.2, 0) is 0 Å². The molecule has 0 aliphatic carbocycles. The number of benzene rings is 1. The Hall–Kier alpha value is -1.09. The monoisotopic (exact) mass is 197 g/mol. The van der Waals surface area contributed by atoms with Gasteiger partial charge in [-0.15, -0.1) is 0 Å². The molecule has 14 heavy (non-hydrogen) atoms. The largest absolute Gasteiger partial charge is 0.463 e. The van der Waals surface area contributed by atoms with Gasteiger partial charge in [0.2, 0.25) is 6.86 Å². The van der Waals surface area contributed by atoms with Crippen LogP contribution in [0.4, 0.5) is 4.39 Å². The van der Waals surface area contributed by atoms with Crippen molar-refractivity contribution in [2.45, 2.75) is 25.8 Å². The van der Waals surface area contributed by atoms with Crippen molar-refractivity contribution in [2.75, 3.05) is 6.86 Å². The van der Waals surface area contributed by atoms with E-state index in [0.29, 0.717) is 5.75 Å². The van der Waals surface area contributed by atoms with Crippen molar-refractivity contribution in [3.63, 3.8) is 0 Å². The summed E-state index contributed by atoms with van der Waals surface area (Å²) in [5.41, 5.74) is 6.98. The standard InChI is InChI=1S/C11H16FNO/c1-2-3-11(13)9-4-6-10(7-5-9)14-8-12/h4-7,11H,2-3,8,13H2,1H3/t11-/m1/s1. The highest BCUT2D eigenvalue weighted by molar-refractivity contribution is 5.28. The van der Waals surface area contributed by atoms with Crippen LogP contribution >= 0.6 is 0 Å². The number of rotatable bonds is 5. The summed E-state index contributed by atoms with van der Waals surface area (Å²) in [5, 5.41) is 0. The van der Waals surface area contributed by atoms with Gasteiger partial charge in [-0.3, -0.25) is 0 Å². The van der Waals surface area contributed by atoms with E-state index < -0.39 is 6.86 Å². The SMILES string of the molecule is CCC[C@@H](N)c1ccc(OCF)cc1. The molecule has 78 valence electrons. The number of alkyl halides is 1. The van der Waals surface area contributed by atoms with E-state index in [2.05, 4.69) is 6.92 Å². The molecule has 0 heterocycles. The second-order valence-corrected chi connectivity index (χ2v) is 3.22. The van der Waals surface area contributed by atoms with Crippen LogP contribution in [0.25, 0.3) is 0 Å². The Balaban J connectivity index is 2.62. The van der Waals surface area contributed by atoms with Crippen molar-refractivity contribution in [1.29, 1.82) is 0 Å². The topological polar surface area (TPSA) is 35.2 Å². The van der Waals surface area contributed by atoms with Gasteiger partial charge in [-0.1, -0.05) is 25.5 Å². The zero-order valence-electron chi connectivity index (χ0n) is 8.37. The summed E-state index contributed by atoms with van der Waals surface area (Å²) in [6.45, 7) is 1.31. The highest BCUT2D eigenvalue weighted by Gasteiger charge is 2.04. The van der Waals surface area contributed by atoms with Gasteiger partial charge >= 0.3 is 0 Å². The lowest BCUT2D eigenvalue weighted by Gasteiger charge is -2.10. The average molecular weight is 197 g/mol. The van der Waals surface area contributed by atoms with E-state index in [1.165, 1.54) is 0 Å². The highest BCUT2D eigenvalue weighted by Crippen LogP contribution is 2.19. The van der Waals surface area contributed by atoms with Crippen molar-refractivity contribution in [1.82, 2.24) is 0 Å². The third kappa shape index (κ3) is 3.00. The van der Waals surface area contributed by atoms with E-state index in [0.717, 1.165) is 18.4 Å². The lowest BCUT2D eigenvalue weighted by molar-refractivity contribution is 0.191. The number of nitrogens with two attached hydrogens (primary N) is 1. The minimum atomic E-state index is -0.791. The number of ether oxygens (including phenoxy) is 1. The van der Waals surface area contributed by atoms with Crippen molar-refractivity contribution in [3.05, 3.63) is 29.8 Å². The molecule has 0 fully saturated rings. The van der Waals surface area contributed by atoms with Gasteiger partial charge in [0.15, 0.2) is 0 Å². The molecule has 0 saturated heterocycles. The smallest absolute Gasteiger partial charge is 0.228 e. The van der Waals surface area contributed by atoms with E-state index >= 15 is 0 Å². The van der Waals surface area contributed by atoms with E-state index in [-0.39, 0.29) is 6.04 Å². The van der Waals surface area contributed by atoms with E-state index in [1.807, 2.05) is 12.1 Å². The summed E-state index contributed by atoms with van der Waals surface area (Å²) in [4.78, 5) is 0. The quantitative estimate of drug-likeness (QED) is 0.787. The van der Waals surface area contributed by atoms with Gasteiger partial charge in [0.25, 0.3) is 0 Å². The van der Waals surface area contributed by atoms with Gasteiger partial charge in [-0.2, -0.15) is 0 Å². The Labute approximate surface area is 83.9 Å².